The van der Waals surface area contributed by atoms with Gasteiger partial charge in [-0.05, 0) is 36.4 Å². The largest absolute Gasteiger partial charge is 0.352 e. The van der Waals surface area contributed by atoms with Crippen LogP contribution < -0.4 is 10.2 Å². The maximum absolute atomic E-state index is 12.7. The van der Waals surface area contributed by atoms with Gasteiger partial charge in [0.05, 0.1) is 5.69 Å². The molecule has 0 saturated carbocycles. The lowest BCUT2D eigenvalue weighted by Gasteiger charge is -2.17. The number of carbonyl (C=O) groups excluding carboxylic acids is 2. The molecule has 136 valence electrons. The summed E-state index contributed by atoms with van der Waals surface area (Å²) in [5.74, 6) is 0.0415. The summed E-state index contributed by atoms with van der Waals surface area (Å²) in [7, 11) is 0. The van der Waals surface area contributed by atoms with Crippen molar-refractivity contribution in [1.29, 1.82) is 0 Å². The summed E-state index contributed by atoms with van der Waals surface area (Å²) in [6, 6.07) is 19.9. The minimum Gasteiger partial charge on any atom is -0.352 e. The van der Waals surface area contributed by atoms with Gasteiger partial charge in [0.2, 0.25) is 5.91 Å². The average molecular weight is 358 g/mol. The molecule has 0 aromatic heterocycles. The molecular weight excluding hydrogens is 336 g/mol. The Morgan fingerprint density at radius 1 is 1.00 bits per heavy atom. The van der Waals surface area contributed by atoms with Crippen LogP contribution in [0.2, 0.25) is 0 Å². The van der Waals surface area contributed by atoms with Crippen molar-refractivity contribution in [2.24, 2.45) is 0 Å². The predicted octanol–water partition coefficient (Wildman–Crippen LogP) is 4.21. The molecule has 4 rings (SSSR count). The summed E-state index contributed by atoms with van der Waals surface area (Å²) in [5.41, 5.74) is 4.00. The van der Waals surface area contributed by atoms with Gasteiger partial charge in [0.15, 0.2) is 0 Å². The number of amides is 2. The Balaban J connectivity index is 1.33. The third-order valence-electron chi connectivity index (χ3n) is 5.04. The zero-order valence-electron chi connectivity index (χ0n) is 15.4. The van der Waals surface area contributed by atoms with E-state index in [1.54, 1.807) is 4.90 Å². The Bertz CT molecular complexity index is 1000. The molecule has 4 nitrogen and oxygen atoms in total. The number of hydrogen-bond donors (Lipinski definition) is 1. The average Bonchev–Trinajstić information content (AvgIpc) is 2.96. The Hall–Kier alpha value is -3.14. The van der Waals surface area contributed by atoms with Crippen LogP contribution >= 0.6 is 0 Å². The summed E-state index contributed by atoms with van der Waals surface area (Å²) in [6.07, 6.45) is 1.04. The summed E-state index contributed by atoms with van der Waals surface area (Å²) in [6.45, 7) is 3.12. The zero-order valence-corrected chi connectivity index (χ0v) is 15.4. The van der Waals surface area contributed by atoms with Crippen LogP contribution in [0.5, 0.6) is 0 Å². The summed E-state index contributed by atoms with van der Waals surface area (Å²) < 4.78 is 0. The number of nitrogens with zero attached hydrogens (tertiary/aromatic N) is 1. The lowest BCUT2D eigenvalue weighted by Crippen LogP contribution is -2.29. The van der Waals surface area contributed by atoms with Crippen molar-refractivity contribution in [3.8, 4) is 0 Å². The van der Waals surface area contributed by atoms with E-state index in [2.05, 4.69) is 5.32 Å². The predicted molar refractivity (Wildman–Crippen MR) is 108 cm³/mol. The minimum atomic E-state index is 0.0120. The third kappa shape index (κ3) is 3.43. The van der Waals surface area contributed by atoms with Crippen molar-refractivity contribution in [2.45, 2.75) is 26.3 Å². The molecule has 1 N–H and O–H groups in total. The van der Waals surface area contributed by atoms with Crippen LogP contribution in [0.4, 0.5) is 5.69 Å². The topological polar surface area (TPSA) is 49.4 Å². The monoisotopic (exact) mass is 358 g/mol. The Labute approximate surface area is 158 Å². The van der Waals surface area contributed by atoms with Crippen LogP contribution in [0.25, 0.3) is 10.8 Å². The number of anilines is 1. The second-order valence-corrected chi connectivity index (χ2v) is 7.00. The molecule has 0 saturated heterocycles. The zero-order chi connectivity index (χ0) is 18.8. The van der Waals surface area contributed by atoms with Gasteiger partial charge >= 0.3 is 0 Å². The first-order valence-electron chi connectivity index (χ1n) is 9.29. The Kier molecular flexibility index (Phi) is 4.63. The summed E-state index contributed by atoms with van der Waals surface area (Å²) >= 11 is 0. The van der Waals surface area contributed by atoms with Crippen LogP contribution in [-0.2, 0) is 11.3 Å². The number of carbonyl (C=O) groups is 2. The molecule has 0 unspecified atom stereocenters. The first-order chi connectivity index (χ1) is 13.1. The molecule has 27 heavy (non-hydrogen) atoms. The molecule has 0 fully saturated rings. The lowest BCUT2D eigenvalue weighted by molar-refractivity contribution is -0.121. The summed E-state index contributed by atoms with van der Waals surface area (Å²) in [5, 5.41) is 5.05. The van der Waals surface area contributed by atoms with E-state index in [-0.39, 0.29) is 11.8 Å². The van der Waals surface area contributed by atoms with Crippen LogP contribution in [0.1, 0.15) is 34.3 Å². The molecule has 0 atom stereocenters. The van der Waals surface area contributed by atoms with Crippen LogP contribution in [-0.4, -0.2) is 18.4 Å². The number of benzene rings is 3. The molecule has 0 aliphatic carbocycles. The van der Waals surface area contributed by atoms with Gasteiger partial charge in [-0.1, -0.05) is 54.1 Å². The van der Waals surface area contributed by atoms with Gasteiger partial charge in [0.25, 0.3) is 5.91 Å². The van der Waals surface area contributed by atoms with E-state index in [9.17, 15) is 9.59 Å². The van der Waals surface area contributed by atoms with E-state index in [1.807, 2.05) is 67.6 Å². The Morgan fingerprint density at radius 3 is 2.52 bits per heavy atom. The highest BCUT2D eigenvalue weighted by molar-refractivity contribution is 6.25. The van der Waals surface area contributed by atoms with Gasteiger partial charge in [-0.2, -0.15) is 0 Å². The van der Waals surface area contributed by atoms with E-state index in [0.717, 1.165) is 27.6 Å². The molecular formula is C23H22N2O2. The van der Waals surface area contributed by atoms with Gasteiger partial charge in [-0.3, -0.25) is 9.59 Å². The number of hydrogen-bond acceptors (Lipinski definition) is 2. The van der Waals surface area contributed by atoms with Crippen molar-refractivity contribution in [3.63, 3.8) is 0 Å². The molecule has 0 radical (unpaired) electrons. The molecule has 1 heterocycles. The first kappa shape index (κ1) is 17.3. The maximum Gasteiger partial charge on any atom is 0.258 e. The molecule has 1 aliphatic heterocycles. The minimum absolute atomic E-state index is 0.0120. The molecule has 3 aromatic rings. The van der Waals surface area contributed by atoms with E-state index in [1.165, 1.54) is 5.56 Å². The van der Waals surface area contributed by atoms with Crippen molar-refractivity contribution in [3.05, 3.63) is 77.4 Å². The summed E-state index contributed by atoms with van der Waals surface area (Å²) in [4.78, 5) is 26.6. The van der Waals surface area contributed by atoms with Gasteiger partial charge in [0.1, 0.15) is 0 Å². The van der Waals surface area contributed by atoms with Crippen LogP contribution in [0.3, 0.4) is 0 Å². The Morgan fingerprint density at radius 2 is 1.74 bits per heavy atom. The molecule has 0 spiro atoms. The first-order valence-corrected chi connectivity index (χ1v) is 9.29. The molecule has 4 heteroatoms. The molecule has 2 amide bonds. The fourth-order valence-corrected chi connectivity index (χ4v) is 3.59. The quantitative estimate of drug-likeness (QED) is 0.718. The normalized spacial score (nSPS) is 12.6. The van der Waals surface area contributed by atoms with Gasteiger partial charge in [-0.15, -0.1) is 0 Å². The van der Waals surface area contributed by atoms with E-state index >= 15 is 0 Å². The molecule has 3 aromatic carbocycles. The van der Waals surface area contributed by atoms with E-state index in [4.69, 9.17) is 0 Å². The van der Waals surface area contributed by atoms with Crippen molar-refractivity contribution < 1.29 is 9.59 Å². The standard InChI is InChI=1S/C23H22N2O2/c1-16-10-12-17(13-11-16)15-24-21(26)9-4-14-25-20-8-3-6-18-5-2-7-19(22(18)20)23(25)27/h2-3,5-8,10-13H,4,9,14-15H2,1H3,(H,24,26). The third-order valence-corrected chi connectivity index (χ3v) is 5.04. The second-order valence-electron chi connectivity index (χ2n) is 7.00. The van der Waals surface area contributed by atoms with Gasteiger partial charge in [0, 0.05) is 30.5 Å². The van der Waals surface area contributed by atoms with Crippen LogP contribution in [0, 0.1) is 6.92 Å². The van der Waals surface area contributed by atoms with Crippen molar-refractivity contribution in [2.75, 3.05) is 11.4 Å². The van der Waals surface area contributed by atoms with Gasteiger partial charge in [-0.25, -0.2) is 0 Å². The molecule has 0 bridgehead atoms. The highest BCUT2D eigenvalue weighted by atomic mass is 16.2. The second kappa shape index (κ2) is 7.23. The maximum atomic E-state index is 12.7. The highest BCUT2D eigenvalue weighted by Gasteiger charge is 2.28. The van der Waals surface area contributed by atoms with Gasteiger partial charge < -0.3 is 10.2 Å². The fraction of sp³-hybridized carbons (Fsp3) is 0.217. The highest BCUT2D eigenvalue weighted by Crippen LogP contribution is 2.37. The number of rotatable bonds is 6. The fourth-order valence-electron chi connectivity index (χ4n) is 3.59. The van der Waals surface area contributed by atoms with E-state index in [0.29, 0.717) is 25.9 Å². The number of aryl methyl sites for hydroxylation is 1. The van der Waals surface area contributed by atoms with Crippen molar-refractivity contribution >= 4 is 28.3 Å². The van der Waals surface area contributed by atoms with E-state index < -0.39 is 0 Å². The van der Waals surface area contributed by atoms with Crippen LogP contribution in [0.15, 0.2) is 60.7 Å². The SMILES string of the molecule is Cc1ccc(CNC(=O)CCCN2C(=O)c3cccc4cccc2c34)cc1. The molecule has 1 aliphatic rings. The number of nitrogens with one attached hydrogen (secondary N) is 1. The lowest BCUT2D eigenvalue weighted by atomic mass is 10.1. The van der Waals surface area contributed by atoms with Crippen molar-refractivity contribution in [1.82, 2.24) is 5.32 Å². The smallest absolute Gasteiger partial charge is 0.258 e.